The van der Waals surface area contributed by atoms with Crippen LogP contribution < -0.4 is 10.6 Å². The van der Waals surface area contributed by atoms with Gasteiger partial charge in [0.05, 0.1) is 7.11 Å². The maximum atomic E-state index is 12.7. The van der Waals surface area contributed by atoms with Crippen LogP contribution in [0.25, 0.3) is 0 Å². The van der Waals surface area contributed by atoms with E-state index in [-0.39, 0.29) is 11.8 Å². The molecule has 8 heteroatoms. The molecule has 1 spiro atoms. The highest BCUT2D eigenvalue weighted by Crippen LogP contribution is 2.36. The fourth-order valence-electron chi connectivity index (χ4n) is 3.40. The van der Waals surface area contributed by atoms with Crippen LogP contribution in [0.4, 0.5) is 4.79 Å². The molecule has 0 bridgehead atoms. The fraction of sp³-hybridized carbons (Fsp3) is 0.765. The van der Waals surface area contributed by atoms with E-state index >= 15 is 0 Å². The molecular formula is C17H27N3O5. The van der Waals surface area contributed by atoms with Gasteiger partial charge in [-0.25, -0.2) is 9.59 Å². The van der Waals surface area contributed by atoms with E-state index in [0.717, 1.165) is 17.7 Å². The predicted octanol–water partition coefficient (Wildman–Crippen LogP) is 0.801. The number of urea groups is 1. The van der Waals surface area contributed by atoms with E-state index in [2.05, 4.69) is 22.3 Å². The zero-order chi connectivity index (χ0) is 18.8. The van der Waals surface area contributed by atoms with E-state index in [4.69, 9.17) is 0 Å². The van der Waals surface area contributed by atoms with Crippen LogP contribution in [0.3, 0.4) is 0 Å². The van der Waals surface area contributed by atoms with Gasteiger partial charge in [0.15, 0.2) is 0 Å². The zero-order valence-electron chi connectivity index (χ0n) is 15.3. The molecule has 4 amide bonds. The highest BCUT2D eigenvalue weighted by atomic mass is 16.5. The van der Waals surface area contributed by atoms with Crippen molar-refractivity contribution < 1.29 is 23.9 Å². The summed E-state index contributed by atoms with van der Waals surface area (Å²) >= 11 is 0. The van der Waals surface area contributed by atoms with Gasteiger partial charge in [-0.2, -0.15) is 0 Å². The summed E-state index contributed by atoms with van der Waals surface area (Å²) in [4.78, 5) is 49.9. The van der Waals surface area contributed by atoms with Crippen LogP contribution in [-0.4, -0.2) is 54.0 Å². The summed E-state index contributed by atoms with van der Waals surface area (Å²) in [5.41, 5.74) is -0.871. The van der Waals surface area contributed by atoms with E-state index in [9.17, 15) is 19.2 Å². The van der Waals surface area contributed by atoms with Crippen LogP contribution in [0.1, 0.15) is 46.5 Å². The average molecular weight is 353 g/mol. The van der Waals surface area contributed by atoms with Gasteiger partial charge >= 0.3 is 12.0 Å². The molecule has 0 aromatic rings. The number of nitrogens with zero attached hydrogens (tertiary/aromatic N) is 1. The average Bonchev–Trinajstić information content (AvgIpc) is 2.79. The Morgan fingerprint density at radius 1 is 1.32 bits per heavy atom. The second kappa shape index (κ2) is 7.41. The van der Waals surface area contributed by atoms with Crippen LogP contribution in [0.2, 0.25) is 0 Å². The first-order chi connectivity index (χ1) is 11.7. The molecular weight excluding hydrogens is 326 g/mol. The van der Waals surface area contributed by atoms with Crippen LogP contribution in [0.5, 0.6) is 0 Å². The maximum Gasteiger partial charge on any atom is 0.328 e. The Hall–Kier alpha value is -2.12. The SMILES string of the molecule is COC(=O)[C@@H](NC(=O)CN1C(=O)NC2(CCC(C)CC2)C1=O)C(C)C. The highest BCUT2D eigenvalue weighted by molar-refractivity contribution is 6.09. The summed E-state index contributed by atoms with van der Waals surface area (Å²) in [5.74, 6) is -1.11. The molecule has 2 N–H and O–H groups in total. The molecule has 1 saturated heterocycles. The summed E-state index contributed by atoms with van der Waals surface area (Å²) in [5, 5.41) is 5.32. The van der Waals surface area contributed by atoms with E-state index in [1.54, 1.807) is 13.8 Å². The number of ether oxygens (including phenoxy) is 1. The number of amides is 4. The predicted molar refractivity (Wildman–Crippen MR) is 89.4 cm³/mol. The van der Waals surface area contributed by atoms with Crippen molar-refractivity contribution in [2.24, 2.45) is 11.8 Å². The van der Waals surface area contributed by atoms with Gasteiger partial charge in [0.25, 0.3) is 5.91 Å². The molecule has 1 aliphatic heterocycles. The molecule has 8 nitrogen and oxygen atoms in total. The van der Waals surface area contributed by atoms with E-state index in [0.29, 0.717) is 18.8 Å². The monoisotopic (exact) mass is 353 g/mol. The van der Waals surface area contributed by atoms with Crippen LogP contribution in [0, 0.1) is 11.8 Å². The Kier molecular flexibility index (Phi) is 5.69. The number of hydrogen-bond acceptors (Lipinski definition) is 5. The number of imide groups is 1. The van der Waals surface area contributed by atoms with Crippen LogP contribution in [0.15, 0.2) is 0 Å². The number of carbonyl (C=O) groups is 4. The van der Waals surface area contributed by atoms with Crippen molar-refractivity contribution >= 4 is 23.8 Å². The lowest BCUT2D eigenvalue weighted by Gasteiger charge is -2.33. The maximum absolute atomic E-state index is 12.7. The molecule has 0 unspecified atom stereocenters. The largest absolute Gasteiger partial charge is 0.467 e. The smallest absolute Gasteiger partial charge is 0.328 e. The van der Waals surface area contributed by atoms with Crippen molar-refractivity contribution in [1.29, 1.82) is 0 Å². The molecule has 2 fully saturated rings. The van der Waals surface area contributed by atoms with Crippen molar-refractivity contribution in [1.82, 2.24) is 15.5 Å². The third-order valence-corrected chi connectivity index (χ3v) is 5.11. The van der Waals surface area contributed by atoms with E-state index < -0.39 is 36.0 Å². The van der Waals surface area contributed by atoms with Crippen molar-refractivity contribution in [2.75, 3.05) is 13.7 Å². The lowest BCUT2D eigenvalue weighted by atomic mass is 9.77. The van der Waals surface area contributed by atoms with Gasteiger partial charge < -0.3 is 15.4 Å². The number of esters is 1. The molecule has 2 aliphatic rings. The molecule has 0 aromatic heterocycles. The van der Waals surface area contributed by atoms with E-state index in [1.807, 2.05) is 0 Å². The topological polar surface area (TPSA) is 105 Å². The van der Waals surface area contributed by atoms with E-state index in [1.165, 1.54) is 7.11 Å². The first-order valence-electron chi connectivity index (χ1n) is 8.71. The molecule has 1 atom stereocenters. The molecule has 1 aliphatic carbocycles. The van der Waals surface area contributed by atoms with Gasteiger partial charge in [-0.15, -0.1) is 0 Å². The molecule has 0 radical (unpaired) electrons. The van der Waals surface area contributed by atoms with Crippen molar-refractivity contribution in [3.8, 4) is 0 Å². The minimum Gasteiger partial charge on any atom is -0.467 e. The second-order valence-electron chi connectivity index (χ2n) is 7.40. The Labute approximate surface area is 147 Å². The summed E-state index contributed by atoms with van der Waals surface area (Å²) in [6.07, 6.45) is 2.91. The summed E-state index contributed by atoms with van der Waals surface area (Å²) in [6, 6.07) is -1.36. The first kappa shape index (κ1) is 19.2. The Bertz CT molecular complexity index is 567. The molecule has 2 rings (SSSR count). The van der Waals surface area contributed by atoms with Crippen molar-refractivity contribution in [3.63, 3.8) is 0 Å². The Balaban J connectivity index is 2.02. The molecule has 25 heavy (non-hydrogen) atoms. The van der Waals surface area contributed by atoms with Gasteiger partial charge in [-0.05, 0) is 37.5 Å². The minimum absolute atomic E-state index is 0.175. The molecule has 0 aromatic carbocycles. The quantitative estimate of drug-likeness (QED) is 0.562. The minimum atomic E-state index is -0.871. The summed E-state index contributed by atoms with van der Waals surface area (Å²) < 4.78 is 4.67. The van der Waals surface area contributed by atoms with Gasteiger partial charge in [0, 0.05) is 0 Å². The first-order valence-corrected chi connectivity index (χ1v) is 8.71. The molecule has 1 heterocycles. The zero-order valence-corrected chi connectivity index (χ0v) is 15.3. The van der Waals surface area contributed by atoms with Gasteiger partial charge in [-0.3, -0.25) is 14.5 Å². The summed E-state index contributed by atoms with van der Waals surface area (Å²) in [6.45, 7) is 5.27. The van der Waals surface area contributed by atoms with Gasteiger partial charge in [0.1, 0.15) is 18.1 Å². The number of methoxy groups -OCH3 is 1. The van der Waals surface area contributed by atoms with Crippen LogP contribution in [-0.2, 0) is 19.1 Å². The Morgan fingerprint density at radius 2 is 1.92 bits per heavy atom. The number of rotatable bonds is 5. The molecule has 140 valence electrons. The van der Waals surface area contributed by atoms with Crippen molar-refractivity contribution in [3.05, 3.63) is 0 Å². The number of hydrogen-bond donors (Lipinski definition) is 2. The van der Waals surface area contributed by atoms with Gasteiger partial charge in [0.2, 0.25) is 5.91 Å². The highest BCUT2D eigenvalue weighted by Gasteiger charge is 2.52. The number of nitrogens with one attached hydrogen (secondary N) is 2. The second-order valence-corrected chi connectivity index (χ2v) is 7.40. The lowest BCUT2D eigenvalue weighted by Crippen LogP contribution is -2.51. The third kappa shape index (κ3) is 3.93. The number of carbonyl (C=O) groups excluding carboxylic acids is 4. The normalized spacial score (nSPS) is 27.4. The Morgan fingerprint density at radius 3 is 2.44 bits per heavy atom. The van der Waals surface area contributed by atoms with Crippen LogP contribution >= 0.6 is 0 Å². The summed E-state index contributed by atoms with van der Waals surface area (Å²) in [7, 11) is 1.25. The molecule has 1 saturated carbocycles. The fourth-order valence-corrected chi connectivity index (χ4v) is 3.40. The standard InChI is InChI=1S/C17H27N3O5/c1-10(2)13(14(22)25-4)18-12(21)9-20-15(23)17(19-16(20)24)7-5-11(3)6-8-17/h10-11,13H,5-9H2,1-4H3,(H,18,21)(H,19,24)/t11?,13-,17?/m0/s1. The van der Waals surface area contributed by atoms with Gasteiger partial charge in [-0.1, -0.05) is 20.8 Å². The lowest BCUT2D eigenvalue weighted by molar-refractivity contribution is -0.146. The third-order valence-electron chi connectivity index (χ3n) is 5.11. The van der Waals surface area contributed by atoms with Crippen molar-refractivity contribution in [2.45, 2.75) is 58.0 Å².